The molecule has 1 N–H and O–H groups in total. The van der Waals surface area contributed by atoms with Gasteiger partial charge in [-0.05, 0) is 31.5 Å². The predicted octanol–water partition coefficient (Wildman–Crippen LogP) is 3.24. The zero-order chi connectivity index (χ0) is 13.1. The van der Waals surface area contributed by atoms with Crippen LogP contribution in [-0.4, -0.2) is 37.0 Å². The molecule has 6 heteroatoms. The summed E-state index contributed by atoms with van der Waals surface area (Å²) < 4.78 is 0. The molecule has 1 amide bonds. The Morgan fingerprint density at radius 2 is 2.16 bits per heavy atom. The maximum absolute atomic E-state index is 12.4. The Bertz CT molecular complexity index is 448. The Morgan fingerprint density at radius 3 is 2.79 bits per heavy atom. The molecule has 1 saturated heterocycles. The first-order valence-electron chi connectivity index (χ1n) is 6.03. The summed E-state index contributed by atoms with van der Waals surface area (Å²) in [4.78, 5) is 14.1. The van der Waals surface area contributed by atoms with E-state index >= 15 is 0 Å². The number of carbonyl (C=O) groups excluding carboxylic acids is 1. The van der Waals surface area contributed by atoms with Crippen LogP contribution in [-0.2, 0) is 0 Å². The van der Waals surface area contributed by atoms with Gasteiger partial charge in [0.25, 0.3) is 5.91 Å². The molecule has 0 radical (unpaired) electrons. The second kappa shape index (κ2) is 7.34. The lowest BCUT2D eigenvalue weighted by Gasteiger charge is -2.32. The van der Waals surface area contributed by atoms with E-state index in [0.717, 1.165) is 25.9 Å². The van der Waals surface area contributed by atoms with Gasteiger partial charge in [0.2, 0.25) is 0 Å². The molecule has 0 bridgehead atoms. The number of hydrogen-bond acceptors (Lipinski definition) is 2. The Morgan fingerprint density at radius 1 is 1.42 bits per heavy atom. The number of amides is 1. The van der Waals surface area contributed by atoms with E-state index in [1.807, 2.05) is 7.05 Å². The van der Waals surface area contributed by atoms with Crippen LogP contribution in [0.25, 0.3) is 0 Å². The second-order valence-corrected chi connectivity index (χ2v) is 5.30. The van der Waals surface area contributed by atoms with Gasteiger partial charge in [-0.1, -0.05) is 29.3 Å². The normalized spacial score (nSPS) is 18.6. The smallest absolute Gasteiger partial charge is 0.255 e. The number of rotatable bonds is 2. The highest BCUT2D eigenvalue weighted by atomic mass is 35.5. The van der Waals surface area contributed by atoms with Gasteiger partial charge in [-0.2, -0.15) is 0 Å². The van der Waals surface area contributed by atoms with Gasteiger partial charge in [-0.3, -0.25) is 4.79 Å². The van der Waals surface area contributed by atoms with E-state index in [2.05, 4.69) is 5.32 Å². The average Bonchev–Trinajstić information content (AvgIpc) is 2.41. The maximum atomic E-state index is 12.4. The predicted molar refractivity (Wildman–Crippen MR) is 81.7 cm³/mol. The van der Waals surface area contributed by atoms with Crippen molar-refractivity contribution in [1.29, 1.82) is 0 Å². The average molecular weight is 324 g/mol. The SMILES string of the molecule is CN(C(=O)c1cccc(Cl)c1Cl)[C@@H]1CCCNC1.Cl. The van der Waals surface area contributed by atoms with Gasteiger partial charge in [0.15, 0.2) is 0 Å². The summed E-state index contributed by atoms with van der Waals surface area (Å²) in [5.41, 5.74) is 0.470. The molecule has 0 aromatic heterocycles. The number of piperidine rings is 1. The van der Waals surface area contributed by atoms with Crippen molar-refractivity contribution in [3.8, 4) is 0 Å². The highest BCUT2D eigenvalue weighted by molar-refractivity contribution is 6.43. The molecule has 106 valence electrons. The van der Waals surface area contributed by atoms with Gasteiger partial charge >= 0.3 is 0 Å². The fourth-order valence-electron chi connectivity index (χ4n) is 2.19. The Kier molecular flexibility index (Phi) is 6.40. The van der Waals surface area contributed by atoms with Crippen LogP contribution in [0.1, 0.15) is 23.2 Å². The number of carbonyl (C=O) groups is 1. The summed E-state index contributed by atoms with van der Waals surface area (Å²) in [6.07, 6.45) is 2.11. The van der Waals surface area contributed by atoms with Crippen molar-refractivity contribution in [3.05, 3.63) is 33.8 Å². The first-order chi connectivity index (χ1) is 8.61. The Balaban J connectivity index is 0.00000180. The van der Waals surface area contributed by atoms with E-state index in [9.17, 15) is 4.79 Å². The molecule has 0 unspecified atom stereocenters. The minimum absolute atomic E-state index is 0. The quantitative estimate of drug-likeness (QED) is 0.906. The number of hydrogen-bond donors (Lipinski definition) is 1. The number of likely N-dealkylation sites (N-methyl/N-ethyl adjacent to an activating group) is 1. The first-order valence-corrected chi connectivity index (χ1v) is 6.78. The zero-order valence-electron chi connectivity index (χ0n) is 10.7. The van der Waals surface area contributed by atoms with Crippen LogP contribution >= 0.6 is 35.6 Å². The number of nitrogens with one attached hydrogen (secondary N) is 1. The van der Waals surface area contributed by atoms with Gasteiger partial charge in [-0.25, -0.2) is 0 Å². The third-order valence-electron chi connectivity index (χ3n) is 3.32. The molecule has 3 nitrogen and oxygen atoms in total. The second-order valence-electron chi connectivity index (χ2n) is 4.52. The van der Waals surface area contributed by atoms with Crippen molar-refractivity contribution in [3.63, 3.8) is 0 Å². The molecule has 1 fully saturated rings. The third kappa shape index (κ3) is 3.76. The molecule has 1 heterocycles. The van der Waals surface area contributed by atoms with E-state index in [4.69, 9.17) is 23.2 Å². The molecule has 1 aromatic carbocycles. The molecule has 0 aliphatic carbocycles. The molecule has 0 spiro atoms. The van der Waals surface area contributed by atoms with Crippen LogP contribution in [0.5, 0.6) is 0 Å². The van der Waals surface area contributed by atoms with Gasteiger partial charge in [0, 0.05) is 19.6 Å². The lowest BCUT2D eigenvalue weighted by Crippen LogP contribution is -2.46. The summed E-state index contributed by atoms with van der Waals surface area (Å²) in [5, 5.41) is 4.04. The van der Waals surface area contributed by atoms with Crippen LogP contribution in [0.4, 0.5) is 0 Å². The van der Waals surface area contributed by atoms with Gasteiger partial charge < -0.3 is 10.2 Å². The Labute approximate surface area is 129 Å². The van der Waals surface area contributed by atoms with Crippen molar-refractivity contribution in [2.24, 2.45) is 0 Å². The van der Waals surface area contributed by atoms with Crippen molar-refractivity contribution < 1.29 is 4.79 Å². The van der Waals surface area contributed by atoms with Crippen LogP contribution < -0.4 is 5.32 Å². The van der Waals surface area contributed by atoms with Crippen molar-refractivity contribution >= 4 is 41.5 Å². The van der Waals surface area contributed by atoms with Crippen LogP contribution in [0.15, 0.2) is 18.2 Å². The maximum Gasteiger partial charge on any atom is 0.255 e. The number of nitrogens with zero attached hydrogens (tertiary/aromatic N) is 1. The number of halogens is 3. The molecular formula is C13H17Cl3N2O. The van der Waals surface area contributed by atoms with Gasteiger partial charge in [0.05, 0.1) is 15.6 Å². The molecule has 1 atom stereocenters. The molecule has 2 rings (SSSR count). The van der Waals surface area contributed by atoms with E-state index in [0.29, 0.717) is 15.6 Å². The summed E-state index contributed by atoms with van der Waals surface area (Å²) >= 11 is 12.0. The molecule has 0 saturated carbocycles. The highest BCUT2D eigenvalue weighted by Crippen LogP contribution is 2.27. The summed E-state index contributed by atoms with van der Waals surface area (Å²) in [7, 11) is 1.82. The lowest BCUT2D eigenvalue weighted by atomic mass is 10.1. The van der Waals surface area contributed by atoms with Crippen molar-refractivity contribution in [2.75, 3.05) is 20.1 Å². The highest BCUT2D eigenvalue weighted by Gasteiger charge is 2.24. The first kappa shape index (κ1) is 16.6. The summed E-state index contributed by atoms with van der Waals surface area (Å²) in [5.74, 6) is -0.0730. The fraction of sp³-hybridized carbons (Fsp3) is 0.462. The summed E-state index contributed by atoms with van der Waals surface area (Å²) in [6.45, 7) is 1.86. The van der Waals surface area contributed by atoms with Gasteiger partial charge in [0.1, 0.15) is 0 Å². The zero-order valence-corrected chi connectivity index (χ0v) is 13.0. The molecule has 19 heavy (non-hydrogen) atoms. The van der Waals surface area contributed by atoms with E-state index < -0.39 is 0 Å². The fourth-order valence-corrected chi connectivity index (χ4v) is 2.57. The summed E-state index contributed by atoms with van der Waals surface area (Å²) in [6, 6.07) is 5.36. The van der Waals surface area contributed by atoms with Crippen molar-refractivity contribution in [2.45, 2.75) is 18.9 Å². The lowest BCUT2D eigenvalue weighted by molar-refractivity contribution is 0.0708. The van der Waals surface area contributed by atoms with Crippen LogP contribution in [0.2, 0.25) is 10.0 Å². The third-order valence-corrected chi connectivity index (χ3v) is 4.14. The number of benzene rings is 1. The monoisotopic (exact) mass is 322 g/mol. The minimum Gasteiger partial charge on any atom is -0.337 e. The minimum atomic E-state index is -0.0730. The van der Waals surface area contributed by atoms with Crippen LogP contribution in [0.3, 0.4) is 0 Å². The van der Waals surface area contributed by atoms with Crippen LogP contribution in [0, 0.1) is 0 Å². The molecular weight excluding hydrogens is 307 g/mol. The molecule has 1 aliphatic rings. The standard InChI is InChI=1S/C13H16Cl2N2O.ClH/c1-17(9-4-3-7-16-8-9)13(18)10-5-2-6-11(14)12(10)15;/h2,5-6,9,16H,3-4,7-8H2,1H3;1H/t9-;/m1./s1. The molecule has 1 aromatic rings. The van der Waals surface area contributed by atoms with E-state index in [1.54, 1.807) is 23.1 Å². The van der Waals surface area contributed by atoms with Gasteiger partial charge in [-0.15, -0.1) is 12.4 Å². The Hall–Kier alpha value is -0.480. The largest absolute Gasteiger partial charge is 0.337 e. The van der Waals surface area contributed by atoms with Crippen molar-refractivity contribution in [1.82, 2.24) is 10.2 Å². The van der Waals surface area contributed by atoms with E-state index in [1.165, 1.54) is 0 Å². The molecule has 1 aliphatic heterocycles. The topological polar surface area (TPSA) is 32.3 Å². The van der Waals surface area contributed by atoms with E-state index in [-0.39, 0.29) is 24.4 Å².